The summed E-state index contributed by atoms with van der Waals surface area (Å²) in [6, 6.07) is 12.6. The molecule has 132 valence electrons. The number of hydrogen-bond acceptors (Lipinski definition) is 3. The third-order valence-electron chi connectivity index (χ3n) is 6.07. The van der Waals surface area contributed by atoms with E-state index in [4.69, 9.17) is 16.3 Å². The van der Waals surface area contributed by atoms with Crippen molar-refractivity contribution in [1.29, 1.82) is 0 Å². The van der Waals surface area contributed by atoms with Gasteiger partial charge in [0.15, 0.2) is 0 Å². The number of ether oxygens (including phenoxy) is 1. The fourth-order valence-corrected chi connectivity index (χ4v) is 5.05. The van der Waals surface area contributed by atoms with Gasteiger partial charge in [0.25, 0.3) is 0 Å². The first-order valence-corrected chi connectivity index (χ1v) is 9.30. The Balaban J connectivity index is 1.74. The van der Waals surface area contributed by atoms with Crippen molar-refractivity contribution in [3.8, 4) is 23.0 Å². The Hall–Kier alpha value is -2.39. The number of phenols is 2. The molecule has 0 radical (unpaired) electrons. The second-order valence-electron chi connectivity index (χ2n) is 7.72. The number of rotatable bonds is 2. The number of fused-ring (bicyclic) bond motifs is 6. The van der Waals surface area contributed by atoms with Crippen molar-refractivity contribution >= 4 is 22.4 Å². The van der Waals surface area contributed by atoms with Gasteiger partial charge in [-0.05, 0) is 60.9 Å². The van der Waals surface area contributed by atoms with E-state index in [2.05, 4.69) is 6.92 Å². The summed E-state index contributed by atoms with van der Waals surface area (Å²) in [6.45, 7) is 2.19. The number of phenolic OH excluding ortho intramolecular Hbond substituents is 2. The molecule has 2 atom stereocenters. The molecule has 2 aliphatic carbocycles. The maximum absolute atomic E-state index is 11.1. The molecule has 2 bridgehead atoms. The molecule has 0 aliphatic heterocycles. The lowest BCUT2D eigenvalue weighted by atomic mass is 9.79. The zero-order valence-electron chi connectivity index (χ0n) is 14.4. The van der Waals surface area contributed by atoms with Crippen LogP contribution in [0.1, 0.15) is 43.2 Å². The Kier molecular flexibility index (Phi) is 3.23. The van der Waals surface area contributed by atoms with Gasteiger partial charge in [0.1, 0.15) is 23.0 Å². The van der Waals surface area contributed by atoms with Gasteiger partial charge in [0.2, 0.25) is 0 Å². The van der Waals surface area contributed by atoms with Gasteiger partial charge in [-0.3, -0.25) is 0 Å². The second-order valence-corrected chi connectivity index (χ2v) is 8.16. The molecule has 0 spiro atoms. The fraction of sp³-hybridized carbons (Fsp3) is 0.273. The maximum Gasteiger partial charge on any atom is 0.139 e. The molecule has 26 heavy (non-hydrogen) atoms. The number of aromatic hydroxyl groups is 2. The van der Waals surface area contributed by atoms with Crippen LogP contribution in [0.4, 0.5) is 0 Å². The number of halogens is 1. The summed E-state index contributed by atoms with van der Waals surface area (Å²) in [6.07, 6.45) is 3.11. The standard InChI is InChI=1S/C22H19ClO3/c1-22-10-9-12(11-22)17-19(22)20(24)15-3-2-4-16(18(15)21(17)25)26-14-7-5-13(23)6-8-14/h2-8,12,24-25H,9-11H2,1H3. The molecule has 1 fully saturated rings. The third-order valence-corrected chi connectivity index (χ3v) is 6.33. The van der Waals surface area contributed by atoms with Crippen LogP contribution in [0.2, 0.25) is 5.02 Å². The quantitative estimate of drug-likeness (QED) is 0.528. The van der Waals surface area contributed by atoms with Crippen LogP contribution in [0.3, 0.4) is 0 Å². The van der Waals surface area contributed by atoms with E-state index in [1.807, 2.05) is 18.2 Å². The van der Waals surface area contributed by atoms with Crippen LogP contribution >= 0.6 is 11.6 Å². The molecule has 0 saturated heterocycles. The highest BCUT2D eigenvalue weighted by molar-refractivity contribution is 6.30. The minimum atomic E-state index is -0.0389. The molecule has 2 aliphatic rings. The van der Waals surface area contributed by atoms with Crippen LogP contribution in [0.5, 0.6) is 23.0 Å². The van der Waals surface area contributed by atoms with E-state index in [-0.39, 0.29) is 11.2 Å². The van der Waals surface area contributed by atoms with Gasteiger partial charge in [-0.15, -0.1) is 0 Å². The van der Waals surface area contributed by atoms with Crippen molar-refractivity contribution in [2.45, 2.75) is 37.5 Å². The van der Waals surface area contributed by atoms with Gasteiger partial charge in [-0.2, -0.15) is 0 Å². The first-order valence-electron chi connectivity index (χ1n) is 8.92. The lowest BCUT2D eigenvalue weighted by Gasteiger charge is -2.27. The molecule has 2 N–H and O–H groups in total. The maximum atomic E-state index is 11.1. The summed E-state index contributed by atoms with van der Waals surface area (Å²) in [5, 5.41) is 24.0. The van der Waals surface area contributed by atoms with E-state index in [1.165, 1.54) is 0 Å². The fourth-order valence-electron chi connectivity index (χ4n) is 4.93. The van der Waals surface area contributed by atoms with Gasteiger partial charge in [-0.1, -0.05) is 30.7 Å². The van der Waals surface area contributed by atoms with Gasteiger partial charge in [0.05, 0.1) is 5.39 Å². The van der Waals surface area contributed by atoms with Crippen molar-refractivity contribution in [3.63, 3.8) is 0 Å². The van der Waals surface area contributed by atoms with E-state index in [0.29, 0.717) is 39.0 Å². The summed E-state index contributed by atoms with van der Waals surface area (Å²) >= 11 is 5.94. The predicted molar refractivity (Wildman–Crippen MR) is 103 cm³/mol. The molecule has 0 heterocycles. The van der Waals surface area contributed by atoms with Crippen LogP contribution in [0.25, 0.3) is 10.8 Å². The lowest BCUT2D eigenvalue weighted by Crippen LogP contribution is -2.16. The topological polar surface area (TPSA) is 49.7 Å². The minimum Gasteiger partial charge on any atom is -0.507 e. The van der Waals surface area contributed by atoms with Gasteiger partial charge in [0, 0.05) is 21.5 Å². The van der Waals surface area contributed by atoms with Crippen LogP contribution < -0.4 is 4.74 Å². The monoisotopic (exact) mass is 366 g/mol. The largest absolute Gasteiger partial charge is 0.507 e. The van der Waals surface area contributed by atoms with Crippen molar-refractivity contribution < 1.29 is 14.9 Å². The number of benzene rings is 3. The first kappa shape index (κ1) is 15.8. The third kappa shape index (κ3) is 2.07. The summed E-state index contributed by atoms with van der Waals surface area (Å²) in [5.41, 5.74) is 1.81. The normalized spacial score (nSPS) is 23.4. The summed E-state index contributed by atoms with van der Waals surface area (Å²) < 4.78 is 6.02. The SMILES string of the molecule is CC12CCC(C1)c1c2c(O)c2cccc(Oc3ccc(Cl)cc3)c2c1O. The average molecular weight is 367 g/mol. The van der Waals surface area contributed by atoms with Crippen LogP contribution in [0.15, 0.2) is 42.5 Å². The minimum absolute atomic E-state index is 0.0389. The zero-order chi connectivity index (χ0) is 18.1. The van der Waals surface area contributed by atoms with Crippen LogP contribution in [-0.4, -0.2) is 10.2 Å². The number of hydrogen-bond donors (Lipinski definition) is 2. The molecule has 4 heteroatoms. The Morgan fingerprint density at radius 1 is 1.08 bits per heavy atom. The van der Waals surface area contributed by atoms with E-state index in [1.54, 1.807) is 24.3 Å². The molecule has 5 rings (SSSR count). The molecule has 2 unspecified atom stereocenters. The molecular weight excluding hydrogens is 348 g/mol. The molecule has 0 aromatic heterocycles. The molecule has 3 aromatic carbocycles. The highest BCUT2D eigenvalue weighted by Gasteiger charge is 2.49. The van der Waals surface area contributed by atoms with E-state index in [9.17, 15) is 10.2 Å². The van der Waals surface area contributed by atoms with E-state index in [0.717, 1.165) is 30.4 Å². The van der Waals surface area contributed by atoms with E-state index < -0.39 is 0 Å². The Morgan fingerprint density at radius 2 is 1.85 bits per heavy atom. The first-order chi connectivity index (χ1) is 12.5. The van der Waals surface area contributed by atoms with Crippen LogP contribution in [0, 0.1) is 0 Å². The van der Waals surface area contributed by atoms with Crippen LogP contribution in [-0.2, 0) is 5.41 Å². The highest BCUT2D eigenvalue weighted by Crippen LogP contribution is 2.64. The summed E-state index contributed by atoms with van der Waals surface area (Å²) in [5.74, 6) is 2.03. The molecule has 3 aromatic rings. The zero-order valence-corrected chi connectivity index (χ0v) is 15.2. The smallest absolute Gasteiger partial charge is 0.139 e. The second kappa shape index (κ2) is 5.31. The van der Waals surface area contributed by atoms with Crippen molar-refractivity contribution in [1.82, 2.24) is 0 Å². The predicted octanol–water partition coefficient (Wildman–Crippen LogP) is 6.24. The molecule has 1 saturated carbocycles. The Bertz CT molecular complexity index is 1040. The highest BCUT2D eigenvalue weighted by atomic mass is 35.5. The molecular formula is C22H19ClO3. The molecule has 3 nitrogen and oxygen atoms in total. The van der Waals surface area contributed by atoms with Crippen molar-refractivity contribution in [2.24, 2.45) is 0 Å². The lowest BCUT2D eigenvalue weighted by molar-refractivity contribution is 0.425. The van der Waals surface area contributed by atoms with E-state index >= 15 is 0 Å². The van der Waals surface area contributed by atoms with Crippen molar-refractivity contribution in [2.75, 3.05) is 0 Å². The van der Waals surface area contributed by atoms with Gasteiger partial charge in [-0.25, -0.2) is 0 Å². The molecule has 0 amide bonds. The van der Waals surface area contributed by atoms with Gasteiger partial charge >= 0.3 is 0 Å². The average Bonchev–Trinajstić information content (AvgIpc) is 3.15. The Labute approximate surface area is 156 Å². The van der Waals surface area contributed by atoms with Gasteiger partial charge < -0.3 is 14.9 Å². The summed E-state index contributed by atoms with van der Waals surface area (Å²) in [4.78, 5) is 0. The summed E-state index contributed by atoms with van der Waals surface area (Å²) in [7, 11) is 0. The Morgan fingerprint density at radius 3 is 2.62 bits per heavy atom. The van der Waals surface area contributed by atoms with Crippen molar-refractivity contribution in [3.05, 3.63) is 58.6 Å².